The molecule has 0 radical (unpaired) electrons. The molecule has 2 rings (SSSR count). The van der Waals surface area contributed by atoms with Gasteiger partial charge in [-0.3, -0.25) is 0 Å². The minimum Gasteiger partial charge on any atom is -0.496 e. The first-order valence-corrected chi connectivity index (χ1v) is 6.50. The maximum atomic E-state index is 10.4. The van der Waals surface area contributed by atoms with Gasteiger partial charge < -0.3 is 9.84 Å². The zero-order valence-corrected chi connectivity index (χ0v) is 11.9. The van der Waals surface area contributed by atoms with Crippen LogP contribution >= 0.6 is 15.9 Å². The highest BCUT2D eigenvalue weighted by Gasteiger charge is 2.15. The van der Waals surface area contributed by atoms with Crippen LogP contribution in [0.2, 0.25) is 0 Å². The van der Waals surface area contributed by atoms with Gasteiger partial charge in [0.1, 0.15) is 11.9 Å². The minimum atomic E-state index is -0.682. The SMILES string of the molecule is COc1ccccc1C(O)c1ccc(C)c(Br)c1. The van der Waals surface area contributed by atoms with E-state index in [2.05, 4.69) is 15.9 Å². The molecule has 18 heavy (non-hydrogen) atoms. The Morgan fingerprint density at radius 1 is 1.17 bits per heavy atom. The average molecular weight is 307 g/mol. The predicted octanol–water partition coefficient (Wildman–Crippen LogP) is 3.85. The maximum absolute atomic E-state index is 10.4. The molecule has 0 aliphatic heterocycles. The van der Waals surface area contributed by atoms with E-state index in [4.69, 9.17) is 4.74 Å². The van der Waals surface area contributed by atoms with E-state index in [1.54, 1.807) is 7.11 Å². The lowest BCUT2D eigenvalue weighted by atomic mass is 10.00. The molecule has 0 spiro atoms. The van der Waals surface area contributed by atoms with Crippen molar-refractivity contribution in [2.75, 3.05) is 7.11 Å². The number of halogens is 1. The van der Waals surface area contributed by atoms with E-state index in [0.29, 0.717) is 5.75 Å². The molecule has 0 heterocycles. The molecular weight excluding hydrogens is 292 g/mol. The van der Waals surface area contributed by atoms with Gasteiger partial charge in [-0.1, -0.05) is 46.3 Å². The smallest absolute Gasteiger partial charge is 0.125 e. The van der Waals surface area contributed by atoms with Crippen LogP contribution in [-0.2, 0) is 0 Å². The lowest BCUT2D eigenvalue weighted by molar-refractivity contribution is 0.214. The summed E-state index contributed by atoms with van der Waals surface area (Å²) in [6.07, 6.45) is -0.682. The molecule has 2 aromatic rings. The summed E-state index contributed by atoms with van der Waals surface area (Å²) in [4.78, 5) is 0. The van der Waals surface area contributed by atoms with Gasteiger partial charge in [0.15, 0.2) is 0 Å². The van der Waals surface area contributed by atoms with Crippen LogP contribution in [0.25, 0.3) is 0 Å². The van der Waals surface area contributed by atoms with Crippen LogP contribution in [0.1, 0.15) is 22.8 Å². The van der Waals surface area contributed by atoms with Crippen LogP contribution < -0.4 is 4.74 Å². The Bertz CT molecular complexity index is 552. The van der Waals surface area contributed by atoms with E-state index >= 15 is 0 Å². The molecule has 1 unspecified atom stereocenters. The van der Waals surface area contributed by atoms with E-state index in [9.17, 15) is 5.11 Å². The molecule has 1 N–H and O–H groups in total. The molecule has 2 nitrogen and oxygen atoms in total. The highest BCUT2D eigenvalue weighted by Crippen LogP contribution is 2.31. The molecule has 1 atom stereocenters. The van der Waals surface area contributed by atoms with Crippen molar-refractivity contribution in [3.05, 3.63) is 63.6 Å². The number of aliphatic hydroxyl groups is 1. The molecule has 0 saturated carbocycles. The largest absolute Gasteiger partial charge is 0.496 e. The Morgan fingerprint density at radius 3 is 2.56 bits per heavy atom. The van der Waals surface area contributed by atoms with Gasteiger partial charge in [0.25, 0.3) is 0 Å². The lowest BCUT2D eigenvalue weighted by Crippen LogP contribution is -2.02. The van der Waals surface area contributed by atoms with Gasteiger partial charge in [0, 0.05) is 10.0 Å². The number of methoxy groups -OCH3 is 1. The third-order valence-electron chi connectivity index (χ3n) is 2.95. The van der Waals surface area contributed by atoms with Crippen LogP contribution in [0.15, 0.2) is 46.9 Å². The second-order valence-corrected chi connectivity index (χ2v) is 5.01. The fourth-order valence-electron chi connectivity index (χ4n) is 1.85. The number of para-hydroxylation sites is 1. The Labute approximate surface area is 115 Å². The minimum absolute atomic E-state index is 0.682. The second kappa shape index (κ2) is 5.55. The fraction of sp³-hybridized carbons (Fsp3) is 0.200. The zero-order chi connectivity index (χ0) is 13.1. The summed E-state index contributed by atoms with van der Waals surface area (Å²) in [5, 5.41) is 10.4. The summed E-state index contributed by atoms with van der Waals surface area (Å²) < 4.78 is 6.26. The monoisotopic (exact) mass is 306 g/mol. The Hall–Kier alpha value is -1.32. The Morgan fingerprint density at radius 2 is 1.89 bits per heavy atom. The second-order valence-electron chi connectivity index (χ2n) is 4.15. The predicted molar refractivity (Wildman–Crippen MR) is 75.9 cm³/mol. The van der Waals surface area contributed by atoms with Crippen molar-refractivity contribution in [3.63, 3.8) is 0 Å². The molecule has 0 saturated heterocycles. The van der Waals surface area contributed by atoms with Gasteiger partial charge in [-0.05, 0) is 30.2 Å². The van der Waals surface area contributed by atoms with E-state index in [-0.39, 0.29) is 0 Å². The van der Waals surface area contributed by atoms with Gasteiger partial charge in [0.2, 0.25) is 0 Å². The Kier molecular flexibility index (Phi) is 4.04. The van der Waals surface area contributed by atoms with Crippen LogP contribution in [0.3, 0.4) is 0 Å². The molecule has 0 aliphatic carbocycles. The third-order valence-corrected chi connectivity index (χ3v) is 3.80. The fourth-order valence-corrected chi connectivity index (χ4v) is 2.25. The molecule has 0 aromatic heterocycles. The van der Waals surface area contributed by atoms with Crippen molar-refractivity contribution in [2.24, 2.45) is 0 Å². The maximum Gasteiger partial charge on any atom is 0.125 e. The molecule has 0 aliphatic rings. The molecule has 0 amide bonds. The molecular formula is C15H15BrO2. The van der Waals surface area contributed by atoms with E-state index in [0.717, 1.165) is 21.2 Å². The first-order valence-electron chi connectivity index (χ1n) is 5.70. The van der Waals surface area contributed by atoms with E-state index in [1.807, 2.05) is 49.4 Å². The lowest BCUT2D eigenvalue weighted by Gasteiger charge is -2.15. The van der Waals surface area contributed by atoms with Gasteiger partial charge in [0.05, 0.1) is 7.11 Å². The first kappa shape index (κ1) is 13.1. The van der Waals surface area contributed by atoms with Crippen molar-refractivity contribution in [1.29, 1.82) is 0 Å². The summed E-state index contributed by atoms with van der Waals surface area (Å²) in [7, 11) is 1.61. The number of aliphatic hydroxyl groups excluding tert-OH is 1. The number of rotatable bonds is 3. The average Bonchev–Trinajstić information content (AvgIpc) is 2.41. The molecule has 0 bridgehead atoms. The summed E-state index contributed by atoms with van der Waals surface area (Å²) in [6.45, 7) is 2.02. The van der Waals surface area contributed by atoms with Gasteiger partial charge in [-0.15, -0.1) is 0 Å². The molecule has 2 aromatic carbocycles. The van der Waals surface area contributed by atoms with Gasteiger partial charge >= 0.3 is 0 Å². The normalized spacial score (nSPS) is 12.2. The summed E-state index contributed by atoms with van der Waals surface area (Å²) >= 11 is 3.48. The zero-order valence-electron chi connectivity index (χ0n) is 10.4. The number of hydrogen-bond donors (Lipinski definition) is 1. The van der Waals surface area contributed by atoms with Crippen LogP contribution in [0, 0.1) is 6.92 Å². The highest BCUT2D eigenvalue weighted by atomic mass is 79.9. The van der Waals surface area contributed by atoms with Crippen molar-refractivity contribution < 1.29 is 9.84 Å². The molecule has 94 valence electrons. The van der Waals surface area contributed by atoms with Crippen LogP contribution in [-0.4, -0.2) is 12.2 Å². The van der Waals surface area contributed by atoms with Crippen molar-refractivity contribution >= 4 is 15.9 Å². The highest BCUT2D eigenvalue weighted by molar-refractivity contribution is 9.10. The van der Waals surface area contributed by atoms with Crippen molar-refractivity contribution in [1.82, 2.24) is 0 Å². The molecule has 0 fully saturated rings. The summed E-state index contributed by atoms with van der Waals surface area (Å²) in [6, 6.07) is 13.4. The number of hydrogen-bond acceptors (Lipinski definition) is 2. The number of ether oxygens (including phenoxy) is 1. The standard InChI is InChI=1S/C15H15BrO2/c1-10-7-8-11(9-13(10)16)15(17)12-5-3-4-6-14(12)18-2/h3-9,15,17H,1-2H3. The quantitative estimate of drug-likeness (QED) is 0.933. The van der Waals surface area contributed by atoms with Crippen molar-refractivity contribution in [3.8, 4) is 5.75 Å². The molecule has 3 heteroatoms. The van der Waals surface area contributed by atoms with E-state index in [1.165, 1.54) is 0 Å². The first-order chi connectivity index (χ1) is 8.63. The van der Waals surface area contributed by atoms with Crippen molar-refractivity contribution in [2.45, 2.75) is 13.0 Å². The van der Waals surface area contributed by atoms with Gasteiger partial charge in [-0.25, -0.2) is 0 Å². The van der Waals surface area contributed by atoms with E-state index < -0.39 is 6.10 Å². The van der Waals surface area contributed by atoms with Crippen LogP contribution in [0.4, 0.5) is 0 Å². The van der Waals surface area contributed by atoms with Crippen LogP contribution in [0.5, 0.6) is 5.75 Å². The summed E-state index contributed by atoms with van der Waals surface area (Å²) in [5.74, 6) is 0.696. The Balaban J connectivity index is 2.41. The third kappa shape index (κ3) is 2.57. The summed E-state index contributed by atoms with van der Waals surface area (Å²) in [5.41, 5.74) is 2.76. The number of aryl methyl sites for hydroxylation is 1. The topological polar surface area (TPSA) is 29.5 Å². The van der Waals surface area contributed by atoms with Gasteiger partial charge in [-0.2, -0.15) is 0 Å². The number of benzene rings is 2.